The van der Waals surface area contributed by atoms with E-state index in [4.69, 9.17) is 5.21 Å². The van der Waals surface area contributed by atoms with Crippen molar-refractivity contribution in [3.63, 3.8) is 0 Å². The predicted octanol–water partition coefficient (Wildman–Crippen LogP) is 2.60. The van der Waals surface area contributed by atoms with E-state index < -0.39 is 6.10 Å². The summed E-state index contributed by atoms with van der Waals surface area (Å²) in [6.07, 6.45) is -0.927. The Balaban J connectivity index is 0.00000162. The van der Waals surface area contributed by atoms with Gasteiger partial charge in [0.2, 0.25) is 0 Å². The van der Waals surface area contributed by atoms with E-state index in [9.17, 15) is 5.11 Å². The number of aliphatic hydroxyl groups excluding tert-OH is 1. The van der Waals surface area contributed by atoms with Crippen molar-refractivity contribution in [2.24, 2.45) is 5.16 Å². The molecule has 2 rings (SSSR count). The van der Waals surface area contributed by atoms with Crippen molar-refractivity contribution in [1.82, 2.24) is 0 Å². The Morgan fingerprint density at radius 3 is 1.89 bits per heavy atom. The largest absolute Gasteiger partial charge is 0.411 e. The molecule has 0 aliphatic heterocycles. The molecule has 0 aliphatic carbocycles. The first-order chi connectivity index (χ1) is 8.33. The minimum atomic E-state index is -0.927. The summed E-state index contributed by atoms with van der Waals surface area (Å²) in [6, 6.07) is 18.2. The van der Waals surface area contributed by atoms with Crippen LogP contribution in [0.5, 0.6) is 0 Å². The Morgan fingerprint density at radius 1 is 0.889 bits per heavy atom. The molecule has 2 aromatic carbocycles. The summed E-state index contributed by atoms with van der Waals surface area (Å²) in [6.45, 7) is 0. The van der Waals surface area contributed by atoms with E-state index in [1.807, 2.05) is 36.4 Å². The standard InChI is InChI=1S/C14H13NO2.Ni/c16-14(12-9-5-2-6-10-12)13(15-17)11-7-3-1-4-8-11;/h1-10,14,16-17H;/b15-13+;. The number of benzene rings is 2. The van der Waals surface area contributed by atoms with Crippen LogP contribution in [0.2, 0.25) is 0 Å². The Kier molecular flexibility index (Phi) is 5.57. The summed E-state index contributed by atoms with van der Waals surface area (Å²) < 4.78 is 0. The summed E-state index contributed by atoms with van der Waals surface area (Å²) in [5, 5.41) is 22.4. The normalized spacial score (nSPS) is 12.6. The summed E-state index contributed by atoms with van der Waals surface area (Å²) >= 11 is 0. The molecule has 0 spiro atoms. The van der Waals surface area contributed by atoms with Gasteiger partial charge in [-0.25, -0.2) is 0 Å². The van der Waals surface area contributed by atoms with E-state index in [2.05, 4.69) is 5.16 Å². The molecule has 1 unspecified atom stereocenters. The summed E-state index contributed by atoms with van der Waals surface area (Å²) in [4.78, 5) is 0. The van der Waals surface area contributed by atoms with Crippen molar-refractivity contribution in [2.75, 3.05) is 0 Å². The van der Waals surface area contributed by atoms with Gasteiger partial charge in [-0.15, -0.1) is 0 Å². The molecular formula is C14H13NNiO2. The van der Waals surface area contributed by atoms with E-state index >= 15 is 0 Å². The predicted molar refractivity (Wildman–Crippen MR) is 66.2 cm³/mol. The molecule has 1 atom stereocenters. The fourth-order valence-corrected chi connectivity index (χ4v) is 1.67. The van der Waals surface area contributed by atoms with Crippen LogP contribution in [0.15, 0.2) is 65.8 Å². The monoisotopic (exact) mass is 285 g/mol. The first-order valence-electron chi connectivity index (χ1n) is 5.33. The van der Waals surface area contributed by atoms with E-state index in [1.54, 1.807) is 24.3 Å². The zero-order valence-electron chi connectivity index (χ0n) is 9.51. The molecule has 3 nitrogen and oxygen atoms in total. The number of hydrogen-bond acceptors (Lipinski definition) is 3. The number of oxime groups is 1. The molecule has 0 saturated heterocycles. The van der Waals surface area contributed by atoms with Crippen LogP contribution in [0.4, 0.5) is 0 Å². The van der Waals surface area contributed by atoms with Gasteiger partial charge in [-0.1, -0.05) is 65.8 Å². The second-order valence-electron chi connectivity index (χ2n) is 3.66. The van der Waals surface area contributed by atoms with Crippen molar-refractivity contribution >= 4 is 5.71 Å². The van der Waals surface area contributed by atoms with Gasteiger partial charge in [0, 0.05) is 22.1 Å². The first-order valence-corrected chi connectivity index (χ1v) is 5.33. The van der Waals surface area contributed by atoms with Gasteiger partial charge in [0.05, 0.1) is 0 Å². The SMILES string of the molecule is O/N=C(\c1ccccc1)C(O)c1ccccc1.[Ni]. The minimum Gasteiger partial charge on any atom is -0.411 e. The van der Waals surface area contributed by atoms with E-state index in [0.29, 0.717) is 11.1 Å². The smallest absolute Gasteiger partial charge is 0.125 e. The van der Waals surface area contributed by atoms with Crippen molar-refractivity contribution in [3.05, 3.63) is 71.8 Å². The third-order valence-electron chi connectivity index (χ3n) is 2.55. The number of nitrogens with zero attached hydrogens (tertiary/aromatic N) is 1. The molecule has 96 valence electrons. The molecule has 2 aromatic rings. The maximum absolute atomic E-state index is 10.1. The molecule has 0 aromatic heterocycles. The average molecular weight is 286 g/mol. The van der Waals surface area contributed by atoms with E-state index in [1.165, 1.54) is 0 Å². The van der Waals surface area contributed by atoms with E-state index in [0.717, 1.165) is 0 Å². The van der Waals surface area contributed by atoms with Gasteiger partial charge in [-0.05, 0) is 5.56 Å². The second kappa shape index (κ2) is 6.94. The molecule has 0 fully saturated rings. The summed E-state index contributed by atoms with van der Waals surface area (Å²) in [5.74, 6) is 0. The zero-order valence-corrected chi connectivity index (χ0v) is 10.5. The number of rotatable bonds is 3. The Labute approximate surface area is 116 Å². The number of aliphatic hydroxyl groups is 1. The van der Waals surface area contributed by atoms with Gasteiger partial charge in [0.1, 0.15) is 11.8 Å². The molecule has 2 N–H and O–H groups in total. The van der Waals surface area contributed by atoms with Crippen LogP contribution in [-0.2, 0) is 16.5 Å². The van der Waals surface area contributed by atoms with Gasteiger partial charge < -0.3 is 10.3 Å². The van der Waals surface area contributed by atoms with Crippen molar-refractivity contribution in [3.8, 4) is 0 Å². The van der Waals surface area contributed by atoms with Gasteiger partial charge in [0.15, 0.2) is 0 Å². The fourth-order valence-electron chi connectivity index (χ4n) is 1.67. The zero-order chi connectivity index (χ0) is 12.1. The first kappa shape index (κ1) is 14.4. The molecule has 0 heterocycles. The topological polar surface area (TPSA) is 52.8 Å². The third kappa shape index (κ3) is 3.19. The minimum absolute atomic E-state index is 0. The van der Waals surface area contributed by atoms with Crippen molar-refractivity contribution in [2.45, 2.75) is 6.10 Å². The quantitative estimate of drug-likeness (QED) is 0.394. The van der Waals surface area contributed by atoms with Gasteiger partial charge in [0.25, 0.3) is 0 Å². The van der Waals surface area contributed by atoms with Crippen LogP contribution in [0.3, 0.4) is 0 Å². The molecule has 0 saturated carbocycles. The van der Waals surface area contributed by atoms with Crippen molar-refractivity contribution < 1.29 is 26.8 Å². The molecule has 18 heavy (non-hydrogen) atoms. The Bertz CT molecular complexity index is 500. The van der Waals surface area contributed by atoms with Gasteiger partial charge in [-0.2, -0.15) is 0 Å². The maximum atomic E-state index is 10.1. The van der Waals surface area contributed by atoms with E-state index in [-0.39, 0.29) is 22.2 Å². The van der Waals surface area contributed by atoms with Crippen LogP contribution in [0.25, 0.3) is 0 Å². The average Bonchev–Trinajstić information content (AvgIpc) is 2.42. The molecule has 4 heteroatoms. The Hall–Kier alpha value is -1.64. The molecular weight excluding hydrogens is 273 g/mol. The summed E-state index contributed by atoms with van der Waals surface area (Å²) in [5.41, 5.74) is 1.65. The summed E-state index contributed by atoms with van der Waals surface area (Å²) in [7, 11) is 0. The third-order valence-corrected chi connectivity index (χ3v) is 2.55. The van der Waals surface area contributed by atoms with Crippen molar-refractivity contribution in [1.29, 1.82) is 0 Å². The fraction of sp³-hybridized carbons (Fsp3) is 0.0714. The van der Waals surface area contributed by atoms with Crippen LogP contribution in [0, 0.1) is 0 Å². The van der Waals surface area contributed by atoms with Crippen LogP contribution in [-0.4, -0.2) is 16.0 Å². The second-order valence-corrected chi connectivity index (χ2v) is 3.66. The Morgan fingerprint density at radius 2 is 1.39 bits per heavy atom. The van der Waals surface area contributed by atoms with Gasteiger partial charge in [-0.3, -0.25) is 0 Å². The maximum Gasteiger partial charge on any atom is 0.125 e. The van der Waals surface area contributed by atoms with Gasteiger partial charge >= 0.3 is 0 Å². The van der Waals surface area contributed by atoms with Crippen LogP contribution < -0.4 is 0 Å². The molecule has 0 bridgehead atoms. The van der Waals surface area contributed by atoms with Crippen LogP contribution in [0.1, 0.15) is 17.2 Å². The molecule has 0 amide bonds. The molecule has 0 radical (unpaired) electrons. The van der Waals surface area contributed by atoms with Crippen LogP contribution >= 0.6 is 0 Å². The molecule has 0 aliphatic rings. The number of hydrogen-bond donors (Lipinski definition) is 2.